The number of hydrogen-bond acceptors (Lipinski definition) is 3. The Morgan fingerprint density at radius 1 is 1.70 bits per heavy atom. The summed E-state index contributed by atoms with van der Waals surface area (Å²) in [6.07, 6.45) is 0.597. The van der Waals surface area contributed by atoms with Crippen LogP contribution in [0.3, 0.4) is 0 Å². The summed E-state index contributed by atoms with van der Waals surface area (Å²) >= 11 is 0. The summed E-state index contributed by atoms with van der Waals surface area (Å²) in [5.41, 5.74) is 0.305. The lowest BCUT2D eigenvalue weighted by atomic mass is 10.0. The summed E-state index contributed by atoms with van der Waals surface area (Å²) in [7, 11) is 1.79. The Kier molecular flexibility index (Phi) is 3.39. The maximum Gasteiger partial charge on any atom is 0.103 e. The normalized spacial score (nSPS) is 11.2. The summed E-state index contributed by atoms with van der Waals surface area (Å²) in [5, 5.41) is 11.2. The van der Waals surface area contributed by atoms with E-state index in [1.54, 1.807) is 20.9 Å². The van der Waals surface area contributed by atoms with Crippen molar-refractivity contribution in [2.45, 2.75) is 25.9 Å². The third kappa shape index (κ3) is 3.48. The van der Waals surface area contributed by atoms with Gasteiger partial charge in [0.2, 0.25) is 0 Å². The highest BCUT2D eigenvalue weighted by atomic mass is 17.1. The predicted molar refractivity (Wildman–Crippen MR) is 40.6 cm³/mol. The molecule has 0 rings (SSSR count). The van der Waals surface area contributed by atoms with Gasteiger partial charge >= 0.3 is 0 Å². The lowest BCUT2D eigenvalue weighted by Gasteiger charge is -2.20. The molecule has 0 atom stereocenters. The van der Waals surface area contributed by atoms with Crippen molar-refractivity contribution < 1.29 is 10.1 Å². The molecule has 2 N–H and O–H groups in total. The van der Waals surface area contributed by atoms with Gasteiger partial charge in [-0.25, -0.2) is 4.89 Å². The topological polar surface area (TPSA) is 41.5 Å². The van der Waals surface area contributed by atoms with Crippen LogP contribution in [0.1, 0.15) is 20.3 Å². The van der Waals surface area contributed by atoms with E-state index in [9.17, 15) is 0 Å². The first-order valence-corrected chi connectivity index (χ1v) is 3.20. The van der Waals surface area contributed by atoms with E-state index in [1.807, 2.05) is 0 Å². The molecule has 60 valence electrons. The lowest BCUT2D eigenvalue weighted by molar-refractivity contribution is -0.312. The minimum atomic E-state index is -0.542. The van der Waals surface area contributed by atoms with Crippen molar-refractivity contribution in [3.05, 3.63) is 12.3 Å². The van der Waals surface area contributed by atoms with Crippen molar-refractivity contribution in [1.82, 2.24) is 5.32 Å². The standard InChI is InChI=1S/C7H15NO2/c1-6(8-4)5-7(2,3)10-9/h8-9H,1,5H2,2-4H3. The van der Waals surface area contributed by atoms with E-state index in [4.69, 9.17) is 5.26 Å². The highest BCUT2D eigenvalue weighted by Gasteiger charge is 2.18. The first-order chi connectivity index (χ1) is 4.52. The largest absolute Gasteiger partial charge is 0.392 e. The maximum absolute atomic E-state index is 8.37. The Morgan fingerprint density at radius 3 is 2.50 bits per heavy atom. The molecule has 0 aromatic carbocycles. The predicted octanol–water partition coefficient (Wildman–Crippen LogP) is 1.38. The van der Waals surface area contributed by atoms with Gasteiger partial charge < -0.3 is 5.32 Å². The molecule has 0 amide bonds. The quantitative estimate of drug-likeness (QED) is 0.464. The summed E-state index contributed by atoms with van der Waals surface area (Å²) in [4.78, 5) is 4.21. The fourth-order valence-corrected chi connectivity index (χ4v) is 0.635. The minimum Gasteiger partial charge on any atom is -0.392 e. The molecule has 0 radical (unpaired) electrons. The molecule has 0 aliphatic rings. The summed E-state index contributed by atoms with van der Waals surface area (Å²) in [6, 6.07) is 0. The second-order valence-corrected chi connectivity index (χ2v) is 2.88. The van der Waals surface area contributed by atoms with Crippen LogP contribution in [0.15, 0.2) is 12.3 Å². The molecule has 0 bridgehead atoms. The third-order valence-corrected chi connectivity index (χ3v) is 1.24. The molecule has 0 aliphatic carbocycles. The fourth-order valence-electron chi connectivity index (χ4n) is 0.635. The van der Waals surface area contributed by atoms with Crippen molar-refractivity contribution in [3.63, 3.8) is 0 Å². The zero-order valence-electron chi connectivity index (χ0n) is 6.77. The van der Waals surface area contributed by atoms with E-state index < -0.39 is 5.60 Å². The molecule has 0 aromatic heterocycles. The van der Waals surface area contributed by atoms with Crippen LogP contribution >= 0.6 is 0 Å². The highest BCUT2D eigenvalue weighted by Crippen LogP contribution is 2.15. The van der Waals surface area contributed by atoms with Crippen molar-refractivity contribution in [2.75, 3.05) is 7.05 Å². The lowest BCUT2D eigenvalue weighted by Crippen LogP contribution is -2.25. The Morgan fingerprint density at radius 2 is 2.20 bits per heavy atom. The van der Waals surface area contributed by atoms with Crippen LogP contribution in [0.25, 0.3) is 0 Å². The Bertz CT molecular complexity index is 121. The van der Waals surface area contributed by atoms with E-state index in [-0.39, 0.29) is 0 Å². The Balaban J connectivity index is 3.76. The van der Waals surface area contributed by atoms with Crippen LogP contribution in [0.2, 0.25) is 0 Å². The molecule has 0 aromatic rings. The summed E-state index contributed by atoms with van der Waals surface area (Å²) in [6.45, 7) is 7.28. The molecule has 0 unspecified atom stereocenters. The van der Waals surface area contributed by atoms with Crippen molar-refractivity contribution in [2.24, 2.45) is 0 Å². The maximum atomic E-state index is 8.37. The van der Waals surface area contributed by atoms with Gasteiger partial charge in [0, 0.05) is 19.2 Å². The van der Waals surface area contributed by atoms with E-state index in [1.165, 1.54) is 0 Å². The van der Waals surface area contributed by atoms with E-state index in [0.29, 0.717) is 6.42 Å². The number of nitrogens with one attached hydrogen (secondary N) is 1. The Labute approximate surface area is 61.6 Å². The second-order valence-electron chi connectivity index (χ2n) is 2.88. The van der Waals surface area contributed by atoms with Crippen LogP contribution in [0, 0.1) is 0 Å². The molecular formula is C7H15NO2. The molecule has 0 saturated carbocycles. The highest BCUT2D eigenvalue weighted by molar-refractivity contribution is 4.95. The first-order valence-electron chi connectivity index (χ1n) is 3.20. The van der Waals surface area contributed by atoms with Crippen LogP contribution in [-0.2, 0) is 4.89 Å². The SMILES string of the molecule is C=C(CC(C)(C)OO)NC. The van der Waals surface area contributed by atoms with Gasteiger partial charge in [-0.3, -0.25) is 5.26 Å². The van der Waals surface area contributed by atoms with Crippen molar-refractivity contribution in [3.8, 4) is 0 Å². The molecule has 0 fully saturated rings. The zero-order valence-corrected chi connectivity index (χ0v) is 6.77. The van der Waals surface area contributed by atoms with Crippen LogP contribution < -0.4 is 5.32 Å². The smallest absolute Gasteiger partial charge is 0.103 e. The number of hydrogen-bond donors (Lipinski definition) is 2. The second kappa shape index (κ2) is 3.58. The van der Waals surface area contributed by atoms with Gasteiger partial charge in [0.1, 0.15) is 5.60 Å². The monoisotopic (exact) mass is 145 g/mol. The minimum absolute atomic E-state index is 0.542. The molecule has 10 heavy (non-hydrogen) atoms. The molecule has 3 nitrogen and oxygen atoms in total. The number of rotatable bonds is 4. The molecule has 3 heteroatoms. The Hall–Kier alpha value is -0.540. The van der Waals surface area contributed by atoms with Crippen LogP contribution in [0.5, 0.6) is 0 Å². The van der Waals surface area contributed by atoms with Gasteiger partial charge in [-0.2, -0.15) is 0 Å². The first kappa shape index (κ1) is 9.46. The summed E-state index contributed by atoms with van der Waals surface area (Å²) < 4.78 is 0. The van der Waals surface area contributed by atoms with Gasteiger partial charge in [-0.15, -0.1) is 0 Å². The van der Waals surface area contributed by atoms with Gasteiger partial charge in [-0.1, -0.05) is 6.58 Å². The van der Waals surface area contributed by atoms with Gasteiger partial charge in [-0.05, 0) is 13.8 Å². The summed E-state index contributed by atoms with van der Waals surface area (Å²) in [5.74, 6) is 0. The van der Waals surface area contributed by atoms with Crippen molar-refractivity contribution in [1.29, 1.82) is 0 Å². The average Bonchev–Trinajstić information content (AvgIpc) is 1.87. The van der Waals surface area contributed by atoms with E-state index in [0.717, 1.165) is 5.70 Å². The van der Waals surface area contributed by atoms with Crippen LogP contribution in [-0.4, -0.2) is 17.9 Å². The molecule has 0 heterocycles. The molecule has 0 spiro atoms. The van der Waals surface area contributed by atoms with Gasteiger partial charge in [0.25, 0.3) is 0 Å². The van der Waals surface area contributed by atoms with Crippen LogP contribution in [0.4, 0.5) is 0 Å². The third-order valence-electron chi connectivity index (χ3n) is 1.24. The van der Waals surface area contributed by atoms with Gasteiger partial charge in [0.15, 0.2) is 0 Å². The van der Waals surface area contributed by atoms with E-state index in [2.05, 4.69) is 16.8 Å². The van der Waals surface area contributed by atoms with Gasteiger partial charge in [0.05, 0.1) is 0 Å². The van der Waals surface area contributed by atoms with Crippen molar-refractivity contribution >= 4 is 0 Å². The van der Waals surface area contributed by atoms with E-state index >= 15 is 0 Å². The molecule has 0 aliphatic heterocycles. The molecule has 0 saturated heterocycles. The fraction of sp³-hybridized carbons (Fsp3) is 0.714. The molecular weight excluding hydrogens is 130 g/mol. The zero-order chi connectivity index (χ0) is 8.20. The average molecular weight is 145 g/mol.